The maximum absolute atomic E-state index is 13.3. The molecule has 2 amide bonds. The summed E-state index contributed by atoms with van der Waals surface area (Å²) in [5.41, 5.74) is -0.421. The third-order valence-electron chi connectivity index (χ3n) is 6.76. The number of nitrogens with zero attached hydrogens (tertiary/aromatic N) is 3. The van der Waals surface area contributed by atoms with Crippen molar-refractivity contribution in [3.05, 3.63) is 24.4 Å². The number of hydrogen-bond acceptors (Lipinski definition) is 5. The lowest BCUT2D eigenvalue weighted by Gasteiger charge is -2.32. The second-order valence-electron chi connectivity index (χ2n) is 9.17. The molecule has 0 bridgehead atoms. The van der Waals surface area contributed by atoms with Gasteiger partial charge in [0, 0.05) is 51.3 Å². The van der Waals surface area contributed by atoms with Gasteiger partial charge in [-0.2, -0.15) is 13.2 Å². The maximum atomic E-state index is 13.3. The first kappa shape index (κ1) is 25.8. The molecule has 0 aromatic carbocycles. The van der Waals surface area contributed by atoms with Gasteiger partial charge in [0.2, 0.25) is 11.8 Å². The molecule has 8 nitrogen and oxygen atoms in total. The molecule has 2 saturated heterocycles. The van der Waals surface area contributed by atoms with Gasteiger partial charge in [-0.25, -0.2) is 9.78 Å². The normalized spacial score (nSPS) is 24.4. The molecule has 3 heterocycles. The number of carboxylic acids is 1. The molecule has 1 saturated carbocycles. The van der Waals surface area contributed by atoms with Gasteiger partial charge in [0.25, 0.3) is 0 Å². The van der Waals surface area contributed by atoms with Crippen LogP contribution in [0.25, 0.3) is 0 Å². The van der Waals surface area contributed by atoms with Gasteiger partial charge in [0.15, 0.2) is 0 Å². The minimum atomic E-state index is -5.08. The molecule has 0 radical (unpaired) electrons. The highest BCUT2D eigenvalue weighted by molar-refractivity contribution is 5.85. The van der Waals surface area contributed by atoms with Gasteiger partial charge in [-0.1, -0.05) is 13.0 Å². The number of fused-ring (bicyclic) bond motifs is 1. The molecule has 0 spiro atoms. The Morgan fingerprint density at radius 3 is 2.50 bits per heavy atom. The first-order valence-electron chi connectivity index (χ1n) is 11.6. The van der Waals surface area contributed by atoms with Crippen LogP contribution >= 0.6 is 0 Å². The van der Waals surface area contributed by atoms with Crippen molar-refractivity contribution in [1.29, 1.82) is 0 Å². The van der Waals surface area contributed by atoms with Crippen LogP contribution in [0.3, 0.4) is 0 Å². The number of amides is 2. The Kier molecular flexibility index (Phi) is 8.04. The molecule has 1 aromatic rings. The monoisotopic (exact) mass is 484 g/mol. The standard InChI is InChI=1S/C21H30N4O2.C2HF3O2/c1-2-19(26)24-11-5-9-21(20(27)23-12-16-7-8-16)15-25(14-17(21)13-24)18-6-3-4-10-22-18;3-2(4,5)1(6)7/h3-4,6,10,16-17H,2,5,7-9,11-15H2,1H3,(H,23,27);(H,6,7)/t17-,21-;/m0./s1. The Hall–Kier alpha value is -2.85. The van der Waals surface area contributed by atoms with Crippen molar-refractivity contribution < 1.29 is 32.7 Å². The molecule has 2 aliphatic heterocycles. The first-order valence-corrected chi connectivity index (χ1v) is 11.6. The van der Waals surface area contributed by atoms with Crippen molar-refractivity contribution in [2.75, 3.05) is 37.6 Å². The Morgan fingerprint density at radius 2 is 1.94 bits per heavy atom. The van der Waals surface area contributed by atoms with Crippen molar-refractivity contribution in [2.24, 2.45) is 17.3 Å². The number of aliphatic carboxylic acids is 1. The van der Waals surface area contributed by atoms with E-state index in [-0.39, 0.29) is 17.7 Å². The second kappa shape index (κ2) is 10.6. The average Bonchev–Trinajstić information content (AvgIpc) is 3.60. The fourth-order valence-electron chi connectivity index (χ4n) is 4.70. The lowest BCUT2D eigenvalue weighted by molar-refractivity contribution is -0.192. The number of nitrogens with one attached hydrogen (secondary N) is 1. The Balaban J connectivity index is 0.000000406. The summed E-state index contributed by atoms with van der Waals surface area (Å²) in [6, 6.07) is 5.91. The zero-order valence-electron chi connectivity index (χ0n) is 19.2. The van der Waals surface area contributed by atoms with E-state index >= 15 is 0 Å². The number of pyridine rings is 1. The summed E-state index contributed by atoms with van der Waals surface area (Å²) >= 11 is 0. The van der Waals surface area contributed by atoms with Gasteiger partial charge < -0.3 is 20.2 Å². The topological polar surface area (TPSA) is 103 Å². The Bertz CT molecular complexity index is 879. The van der Waals surface area contributed by atoms with Crippen LogP contribution in [0, 0.1) is 17.3 Å². The van der Waals surface area contributed by atoms with Crippen LogP contribution in [-0.2, 0) is 14.4 Å². The van der Waals surface area contributed by atoms with E-state index < -0.39 is 17.6 Å². The van der Waals surface area contributed by atoms with E-state index in [0.717, 1.165) is 38.3 Å². The number of alkyl halides is 3. The number of hydrogen-bond donors (Lipinski definition) is 2. The smallest absolute Gasteiger partial charge is 0.475 e. The van der Waals surface area contributed by atoms with Gasteiger partial charge in [0.05, 0.1) is 5.41 Å². The van der Waals surface area contributed by atoms with Gasteiger partial charge in [0.1, 0.15) is 5.82 Å². The maximum Gasteiger partial charge on any atom is 0.490 e. The van der Waals surface area contributed by atoms with Crippen molar-refractivity contribution in [3.8, 4) is 0 Å². The van der Waals surface area contributed by atoms with Crippen LogP contribution in [0.5, 0.6) is 0 Å². The van der Waals surface area contributed by atoms with Crippen LogP contribution in [0.2, 0.25) is 0 Å². The first-order chi connectivity index (χ1) is 16.1. The second-order valence-corrected chi connectivity index (χ2v) is 9.17. The fourth-order valence-corrected chi connectivity index (χ4v) is 4.70. The summed E-state index contributed by atoms with van der Waals surface area (Å²) in [5, 5.41) is 10.4. The van der Waals surface area contributed by atoms with E-state index in [9.17, 15) is 22.8 Å². The molecule has 188 valence electrons. The molecule has 0 unspecified atom stereocenters. The molecule has 2 atom stereocenters. The van der Waals surface area contributed by atoms with Gasteiger partial charge in [-0.15, -0.1) is 0 Å². The molecule has 11 heteroatoms. The van der Waals surface area contributed by atoms with E-state index in [0.29, 0.717) is 25.4 Å². The predicted octanol–water partition coefficient (Wildman–Crippen LogP) is 2.70. The van der Waals surface area contributed by atoms with Crippen molar-refractivity contribution >= 4 is 23.6 Å². The predicted molar refractivity (Wildman–Crippen MR) is 118 cm³/mol. The number of carbonyl (C=O) groups excluding carboxylic acids is 2. The Labute approximate surface area is 196 Å². The largest absolute Gasteiger partial charge is 0.490 e. The highest BCUT2D eigenvalue weighted by atomic mass is 19.4. The molecule has 1 aliphatic carbocycles. The molecule has 2 N–H and O–H groups in total. The minimum Gasteiger partial charge on any atom is -0.475 e. The molecule has 4 rings (SSSR count). The number of anilines is 1. The molecule has 34 heavy (non-hydrogen) atoms. The van der Waals surface area contributed by atoms with Crippen LogP contribution in [0.4, 0.5) is 19.0 Å². The Morgan fingerprint density at radius 1 is 1.24 bits per heavy atom. The van der Waals surface area contributed by atoms with Crippen LogP contribution in [0.1, 0.15) is 39.0 Å². The van der Waals surface area contributed by atoms with Gasteiger partial charge >= 0.3 is 12.1 Å². The zero-order chi connectivity index (χ0) is 24.9. The van der Waals surface area contributed by atoms with E-state index in [1.807, 2.05) is 30.0 Å². The number of carbonyl (C=O) groups is 3. The summed E-state index contributed by atoms with van der Waals surface area (Å²) in [5.74, 6) is -0.636. The van der Waals surface area contributed by atoms with Crippen molar-refractivity contribution in [2.45, 2.75) is 45.2 Å². The van der Waals surface area contributed by atoms with Gasteiger partial charge in [-0.05, 0) is 43.7 Å². The summed E-state index contributed by atoms with van der Waals surface area (Å²) in [6.45, 7) is 5.63. The summed E-state index contributed by atoms with van der Waals surface area (Å²) in [6.07, 6.45) is 1.43. The highest BCUT2D eigenvalue weighted by Gasteiger charge is 2.53. The van der Waals surface area contributed by atoms with E-state index in [1.54, 1.807) is 6.20 Å². The molecule has 1 aromatic heterocycles. The van der Waals surface area contributed by atoms with Crippen molar-refractivity contribution in [1.82, 2.24) is 15.2 Å². The summed E-state index contributed by atoms with van der Waals surface area (Å²) in [4.78, 5) is 43.3. The van der Waals surface area contributed by atoms with Crippen LogP contribution < -0.4 is 10.2 Å². The SMILES string of the molecule is CCC(=O)N1CCC[C@]2(C(=O)NCC3CC3)CN(c3ccccn3)C[C@@H]2C1.O=C(O)C(F)(F)F. The summed E-state index contributed by atoms with van der Waals surface area (Å²) < 4.78 is 31.7. The summed E-state index contributed by atoms with van der Waals surface area (Å²) in [7, 11) is 0. The lowest BCUT2D eigenvalue weighted by Crippen LogP contribution is -2.48. The number of carboxylic acid groups (broad SMARTS) is 1. The van der Waals surface area contributed by atoms with E-state index in [4.69, 9.17) is 9.90 Å². The minimum absolute atomic E-state index is 0.150. The van der Waals surface area contributed by atoms with E-state index in [2.05, 4.69) is 15.2 Å². The fraction of sp³-hybridized carbons (Fsp3) is 0.652. The molecule has 3 fully saturated rings. The third-order valence-corrected chi connectivity index (χ3v) is 6.76. The number of aromatic nitrogens is 1. The quantitative estimate of drug-likeness (QED) is 0.666. The number of rotatable bonds is 5. The lowest BCUT2D eigenvalue weighted by atomic mass is 9.74. The van der Waals surface area contributed by atoms with Gasteiger partial charge in [-0.3, -0.25) is 9.59 Å². The van der Waals surface area contributed by atoms with Crippen LogP contribution in [0.15, 0.2) is 24.4 Å². The van der Waals surface area contributed by atoms with E-state index in [1.165, 1.54) is 12.8 Å². The number of halogens is 3. The average molecular weight is 485 g/mol. The molecular weight excluding hydrogens is 453 g/mol. The highest BCUT2D eigenvalue weighted by Crippen LogP contribution is 2.44. The molecular formula is C23H31F3N4O4. The number of likely N-dealkylation sites (tertiary alicyclic amines) is 1. The van der Waals surface area contributed by atoms with Crippen molar-refractivity contribution in [3.63, 3.8) is 0 Å². The van der Waals surface area contributed by atoms with Crippen LogP contribution in [-0.4, -0.2) is 71.7 Å². The zero-order valence-corrected chi connectivity index (χ0v) is 19.2. The molecule has 3 aliphatic rings. The third kappa shape index (κ3) is 6.18.